The van der Waals surface area contributed by atoms with Crippen molar-refractivity contribution in [3.8, 4) is 0 Å². The molecular formula is C25H38N2O5Si. The lowest BCUT2D eigenvalue weighted by molar-refractivity contribution is 0.103. The third kappa shape index (κ3) is 7.47. The van der Waals surface area contributed by atoms with Crippen molar-refractivity contribution in [1.29, 1.82) is 0 Å². The Morgan fingerprint density at radius 3 is 2.30 bits per heavy atom. The Hall–Kier alpha value is -2.58. The topological polar surface area (TPSA) is 77.1 Å². The summed E-state index contributed by atoms with van der Waals surface area (Å²) < 4.78 is 16.9. The molecule has 1 heterocycles. The van der Waals surface area contributed by atoms with Crippen molar-refractivity contribution in [3.05, 3.63) is 60.7 Å². The molecule has 33 heavy (non-hydrogen) atoms. The summed E-state index contributed by atoms with van der Waals surface area (Å²) in [5.74, 6) is 0. The summed E-state index contributed by atoms with van der Waals surface area (Å²) in [5, 5.41) is 2.79. The summed E-state index contributed by atoms with van der Waals surface area (Å²) in [6, 6.07) is 7.71. The SMILES string of the molecule is C=CCOC(=O)NCc1ccc([C@H]2C[C@@H](O[Si](C)(C)C(C)(C)C)CN2C(=O)OCC=C)cc1. The number of carbonyl (C=O) groups is 2. The number of benzene rings is 1. The van der Waals surface area contributed by atoms with Crippen LogP contribution in [0.2, 0.25) is 18.1 Å². The van der Waals surface area contributed by atoms with Gasteiger partial charge in [-0.1, -0.05) is 70.3 Å². The van der Waals surface area contributed by atoms with Gasteiger partial charge in [0.2, 0.25) is 0 Å². The minimum atomic E-state index is -1.98. The summed E-state index contributed by atoms with van der Waals surface area (Å²) >= 11 is 0. The molecule has 8 heteroatoms. The zero-order chi connectivity index (χ0) is 24.6. The number of alkyl carbamates (subject to hydrolysis) is 1. The van der Waals surface area contributed by atoms with E-state index in [4.69, 9.17) is 13.9 Å². The average Bonchev–Trinajstić information content (AvgIpc) is 3.17. The molecule has 1 fully saturated rings. The minimum Gasteiger partial charge on any atom is -0.445 e. The smallest absolute Gasteiger partial charge is 0.410 e. The summed E-state index contributed by atoms with van der Waals surface area (Å²) in [6.07, 6.45) is 2.89. The molecule has 1 saturated heterocycles. The molecule has 0 aromatic heterocycles. The first-order valence-corrected chi connectivity index (χ1v) is 14.2. The largest absolute Gasteiger partial charge is 0.445 e. The fraction of sp³-hybridized carbons (Fsp3) is 0.520. The highest BCUT2D eigenvalue weighted by atomic mass is 28.4. The fourth-order valence-corrected chi connectivity index (χ4v) is 4.78. The number of nitrogens with zero attached hydrogens (tertiary/aromatic N) is 1. The van der Waals surface area contributed by atoms with Crippen molar-refractivity contribution in [2.75, 3.05) is 19.8 Å². The van der Waals surface area contributed by atoms with Crippen LogP contribution in [0, 0.1) is 0 Å². The second kappa shape index (κ2) is 11.5. The molecule has 2 amide bonds. The van der Waals surface area contributed by atoms with Gasteiger partial charge in [-0.3, -0.25) is 4.90 Å². The van der Waals surface area contributed by atoms with Gasteiger partial charge in [-0.2, -0.15) is 0 Å². The maximum absolute atomic E-state index is 12.8. The van der Waals surface area contributed by atoms with Crippen LogP contribution in [0.15, 0.2) is 49.6 Å². The number of rotatable bonds is 9. The number of amides is 2. The molecule has 0 spiro atoms. The van der Waals surface area contributed by atoms with Gasteiger partial charge in [0.1, 0.15) is 13.2 Å². The van der Waals surface area contributed by atoms with Crippen molar-refractivity contribution >= 4 is 20.5 Å². The summed E-state index contributed by atoms with van der Waals surface area (Å²) in [7, 11) is -1.98. The first-order valence-electron chi connectivity index (χ1n) is 11.3. The van der Waals surface area contributed by atoms with Gasteiger partial charge in [-0.15, -0.1) is 0 Å². The van der Waals surface area contributed by atoms with E-state index in [1.165, 1.54) is 6.08 Å². The molecule has 0 unspecified atom stereocenters. The van der Waals surface area contributed by atoms with Crippen LogP contribution in [-0.4, -0.2) is 51.3 Å². The van der Waals surface area contributed by atoms with E-state index < -0.39 is 14.4 Å². The highest BCUT2D eigenvalue weighted by Crippen LogP contribution is 2.41. The van der Waals surface area contributed by atoms with Gasteiger partial charge in [-0.05, 0) is 35.7 Å². The lowest BCUT2D eigenvalue weighted by Crippen LogP contribution is -2.44. The van der Waals surface area contributed by atoms with Crippen LogP contribution in [0.25, 0.3) is 0 Å². The van der Waals surface area contributed by atoms with Crippen LogP contribution in [-0.2, 0) is 20.4 Å². The third-order valence-corrected chi connectivity index (χ3v) is 10.8. The van der Waals surface area contributed by atoms with E-state index in [0.29, 0.717) is 19.5 Å². The minimum absolute atomic E-state index is 0.0480. The molecule has 1 aliphatic heterocycles. The molecule has 1 aromatic rings. The van der Waals surface area contributed by atoms with Crippen molar-refractivity contribution in [1.82, 2.24) is 10.2 Å². The van der Waals surface area contributed by atoms with Crippen molar-refractivity contribution in [2.24, 2.45) is 0 Å². The van der Waals surface area contributed by atoms with Crippen LogP contribution in [0.1, 0.15) is 44.4 Å². The quantitative estimate of drug-likeness (QED) is 0.375. The van der Waals surface area contributed by atoms with Crippen molar-refractivity contribution in [3.63, 3.8) is 0 Å². The van der Waals surface area contributed by atoms with Gasteiger partial charge in [0.25, 0.3) is 0 Å². The Bertz CT molecular complexity index is 832. The van der Waals surface area contributed by atoms with E-state index in [2.05, 4.69) is 52.3 Å². The molecule has 0 bridgehead atoms. The number of hydrogen-bond acceptors (Lipinski definition) is 5. The van der Waals surface area contributed by atoms with Crippen LogP contribution in [0.5, 0.6) is 0 Å². The molecule has 182 valence electrons. The number of hydrogen-bond donors (Lipinski definition) is 1. The van der Waals surface area contributed by atoms with Crippen LogP contribution < -0.4 is 5.32 Å². The third-order valence-electron chi connectivity index (χ3n) is 6.22. The van der Waals surface area contributed by atoms with Gasteiger partial charge < -0.3 is 19.2 Å². The van der Waals surface area contributed by atoms with Gasteiger partial charge in [0.15, 0.2) is 8.32 Å². The first-order chi connectivity index (χ1) is 15.5. The molecular weight excluding hydrogens is 436 g/mol. The summed E-state index contributed by atoms with van der Waals surface area (Å²) in [6.45, 7) is 19.4. The van der Waals surface area contributed by atoms with Gasteiger partial charge in [0, 0.05) is 13.1 Å². The zero-order valence-electron chi connectivity index (χ0n) is 20.6. The number of carbonyl (C=O) groups excluding carboxylic acids is 2. The lowest BCUT2D eigenvalue weighted by Gasteiger charge is -2.38. The van der Waals surface area contributed by atoms with Crippen LogP contribution in [0.3, 0.4) is 0 Å². The standard InChI is InChI=1S/C25H38N2O5Si/c1-8-14-30-23(28)26-17-19-10-12-20(13-11-19)22-16-21(32-33(6,7)25(3,4)5)18-27(22)24(29)31-15-9-2/h8-13,21-22H,1-2,14-18H2,3-7H3,(H,26,28)/t21-,22-/m1/s1. The molecule has 0 saturated carbocycles. The van der Waals surface area contributed by atoms with Gasteiger partial charge in [0.05, 0.1) is 12.1 Å². The molecule has 2 atom stereocenters. The van der Waals surface area contributed by atoms with Crippen molar-refractivity contribution < 1.29 is 23.5 Å². The highest BCUT2D eigenvalue weighted by molar-refractivity contribution is 6.74. The van der Waals surface area contributed by atoms with E-state index >= 15 is 0 Å². The van der Waals surface area contributed by atoms with Crippen LogP contribution in [0.4, 0.5) is 9.59 Å². The Labute approximate surface area is 198 Å². The Morgan fingerprint density at radius 1 is 1.12 bits per heavy atom. The number of nitrogens with one attached hydrogen (secondary N) is 1. The zero-order valence-corrected chi connectivity index (χ0v) is 21.6. The second-order valence-corrected chi connectivity index (χ2v) is 14.5. The molecule has 1 N–H and O–H groups in total. The Kier molecular flexibility index (Phi) is 9.31. The Morgan fingerprint density at radius 2 is 1.73 bits per heavy atom. The predicted molar refractivity (Wildman–Crippen MR) is 133 cm³/mol. The summed E-state index contributed by atoms with van der Waals surface area (Å²) in [5.41, 5.74) is 1.94. The summed E-state index contributed by atoms with van der Waals surface area (Å²) in [4.78, 5) is 26.1. The first kappa shape index (κ1) is 26.7. The highest BCUT2D eigenvalue weighted by Gasteiger charge is 2.44. The van der Waals surface area contributed by atoms with E-state index in [-0.39, 0.29) is 36.5 Å². The fourth-order valence-electron chi connectivity index (χ4n) is 3.42. The normalized spacial score (nSPS) is 18.5. The molecule has 2 rings (SSSR count). The molecule has 0 radical (unpaired) electrons. The second-order valence-electron chi connectivity index (χ2n) is 9.75. The van der Waals surface area contributed by atoms with E-state index in [1.54, 1.807) is 11.0 Å². The molecule has 7 nitrogen and oxygen atoms in total. The number of likely N-dealkylation sites (tertiary alicyclic amines) is 1. The van der Waals surface area contributed by atoms with Crippen LogP contribution >= 0.6 is 0 Å². The van der Waals surface area contributed by atoms with E-state index in [0.717, 1.165) is 11.1 Å². The lowest BCUT2D eigenvalue weighted by atomic mass is 10.0. The Balaban J connectivity index is 2.13. The van der Waals surface area contributed by atoms with E-state index in [9.17, 15) is 9.59 Å². The maximum atomic E-state index is 12.8. The number of ether oxygens (including phenoxy) is 2. The average molecular weight is 475 g/mol. The molecule has 1 aliphatic rings. The van der Waals surface area contributed by atoms with Crippen molar-refractivity contribution in [2.45, 2.75) is 64.0 Å². The van der Waals surface area contributed by atoms with Gasteiger partial charge in [-0.25, -0.2) is 9.59 Å². The monoisotopic (exact) mass is 474 g/mol. The predicted octanol–water partition coefficient (Wildman–Crippen LogP) is 5.56. The molecule has 1 aromatic carbocycles. The van der Waals surface area contributed by atoms with Gasteiger partial charge >= 0.3 is 12.2 Å². The molecule has 0 aliphatic carbocycles. The maximum Gasteiger partial charge on any atom is 0.410 e. The van der Waals surface area contributed by atoms with E-state index in [1.807, 2.05) is 24.3 Å².